The first kappa shape index (κ1) is 15.4. The highest BCUT2D eigenvalue weighted by Crippen LogP contribution is 2.25. The van der Waals surface area contributed by atoms with Gasteiger partial charge in [0.1, 0.15) is 0 Å². The molecule has 5 heteroatoms. The highest BCUT2D eigenvalue weighted by Gasteiger charge is 2.17. The zero-order chi connectivity index (χ0) is 14.1. The fourth-order valence-electron chi connectivity index (χ4n) is 1.93. The van der Waals surface area contributed by atoms with E-state index >= 15 is 0 Å². The Labute approximate surface area is 114 Å². The third kappa shape index (κ3) is 5.26. The molecule has 2 N–H and O–H groups in total. The molecule has 0 aliphatic heterocycles. The topological polar surface area (TPSA) is 74.4 Å². The summed E-state index contributed by atoms with van der Waals surface area (Å²) in [5.74, 6) is 0.485. The minimum Gasteiger partial charge on any atom is -0.481 e. The summed E-state index contributed by atoms with van der Waals surface area (Å²) in [4.78, 5) is 15.8. The van der Waals surface area contributed by atoms with Gasteiger partial charge in [0, 0.05) is 12.3 Å². The monoisotopic (exact) mass is 266 g/mol. The van der Waals surface area contributed by atoms with E-state index in [0.29, 0.717) is 25.5 Å². The van der Waals surface area contributed by atoms with Crippen molar-refractivity contribution in [1.82, 2.24) is 4.98 Å². The Bertz CT molecular complexity index is 379. The van der Waals surface area contributed by atoms with Gasteiger partial charge in [-0.3, -0.25) is 4.79 Å². The number of hydrogen-bond acceptors (Lipinski definition) is 5. The maximum absolute atomic E-state index is 11.6. The Hall–Kier alpha value is -1.62. The first-order chi connectivity index (χ1) is 9.21. The zero-order valence-electron chi connectivity index (χ0n) is 11.6. The minimum absolute atomic E-state index is 0.0982. The number of aromatic nitrogens is 1. The van der Waals surface area contributed by atoms with E-state index in [-0.39, 0.29) is 11.9 Å². The standard InChI is InChI=1S/C14H22N2O3/c1-3-19-14(17)9-11(5-4-8-15)12-6-7-13(18-2)16-10-12/h6-7,10-11H,3-5,8-9,15H2,1-2H3. The van der Waals surface area contributed by atoms with Gasteiger partial charge in [0.25, 0.3) is 0 Å². The molecule has 1 atom stereocenters. The summed E-state index contributed by atoms with van der Waals surface area (Å²) in [6.07, 6.45) is 3.83. The molecule has 0 spiro atoms. The number of carbonyl (C=O) groups excluding carboxylic acids is 1. The van der Waals surface area contributed by atoms with Crippen molar-refractivity contribution in [2.24, 2.45) is 5.73 Å². The van der Waals surface area contributed by atoms with E-state index in [1.807, 2.05) is 13.0 Å². The van der Waals surface area contributed by atoms with E-state index in [2.05, 4.69) is 4.98 Å². The predicted octanol–water partition coefficient (Wildman–Crippen LogP) is 1.87. The van der Waals surface area contributed by atoms with Crippen molar-refractivity contribution in [2.45, 2.75) is 32.1 Å². The van der Waals surface area contributed by atoms with Crippen molar-refractivity contribution >= 4 is 5.97 Å². The van der Waals surface area contributed by atoms with Gasteiger partial charge in [-0.2, -0.15) is 0 Å². The highest BCUT2D eigenvalue weighted by molar-refractivity contribution is 5.70. The SMILES string of the molecule is CCOC(=O)CC(CCCN)c1ccc(OC)nc1. The molecule has 0 aromatic carbocycles. The maximum Gasteiger partial charge on any atom is 0.306 e. The summed E-state index contributed by atoms with van der Waals surface area (Å²) in [5.41, 5.74) is 6.55. The van der Waals surface area contributed by atoms with Crippen LogP contribution in [-0.2, 0) is 9.53 Å². The summed E-state index contributed by atoms with van der Waals surface area (Å²) >= 11 is 0. The van der Waals surface area contributed by atoms with Gasteiger partial charge in [-0.1, -0.05) is 6.07 Å². The van der Waals surface area contributed by atoms with Crippen molar-refractivity contribution in [1.29, 1.82) is 0 Å². The van der Waals surface area contributed by atoms with E-state index in [1.54, 1.807) is 19.4 Å². The number of ether oxygens (including phenoxy) is 2. The van der Waals surface area contributed by atoms with Gasteiger partial charge in [-0.25, -0.2) is 4.98 Å². The van der Waals surface area contributed by atoms with Crippen LogP contribution in [0.4, 0.5) is 0 Å². The molecule has 0 aliphatic carbocycles. The molecule has 19 heavy (non-hydrogen) atoms. The van der Waals surface area contributed by atoms with Crippen LogP contribution in [-0.4, -0.2) is 31.2 Å². The Morgan fingerprint density at radius 1 is 1.47 bits per heavy atom. The Balaban J connectivity index is 2.73. The van der Waals surface area contributed by atoms with Gasteiger partial charge in [0.2, 0.25) is 5.88 Å². The van der Waals surface area contributed by atoms with E-state index in [1.165, 1.54) is 0 Å². The summed E-state index contributed by atoms with van der Waals surface area (Å²) < 4.78 is 10.0. The third-order valence-electron chi connectivity index (χ3n) is 2.91. The van der Waals surface area contributed by atoms with Crippen LogP contribution in [0.2, 0.25) is 0 Å². The number of carbonyl (C=O) groups is 1. The Morgan fingerprint density at radius 2 is 2.26 bits per heavy atom. The molecular weight excluding hydrogens is 244 g/mol. The molecular formula is C14H22N2O3. The second-order valence-corrected chi connectivity index (χ2v) is 4.27. The molecule has 0 radical (unpaired) electrons. The summed E-state index contributed by atoms with van der Waals surface area (Å²) in [7, 11) is 1.58. The lowest BCUT2D eigenvalue weighted by atomic mass is 9.92. The molecule has 1 heterocycles. The van der Waals surface area contributed by atoms with Gasteiger partial charge >= 0.3 is 5.97 Å². The normalized spacial score (nSPS) is 11.9. The lowest BCUT2D eigenvalue weighted by Crippen LogP contribution is -2.12. The number of nitrogens with two attached hydrogens (primary N) is 1. The molecule has 106 valence electrons. The Morgan fingerprint density at radius 3 is 2.79 bits per heavy atom. The number of methoxy groups -OCH3 is 1. The van der Waals surface area contributed by atoms with E-state index in [9.17, 15) is 4.79 Å². The molecule has 0 saturated heterocycles. The summed E-state index contributed by atoms with van der Waals surface area (Å²) in [6.45, 7) is 2.83. The summed E-state index contributed by atoms with van der Waals surface area (Å²) in [5, 5.41) is 0. The van der Waals surface area contributed by atoms with Crippen molar-refractivity contribution in [2.75, 3.05) is 20.3 Å². The maximum atomic E-state index is 11.6. The molecule has 1 aromatic rings. The van der Waals surface area contributed by atoms with Crippen molar-refractivity contribution in [3.05, 3.63) is 23.9 Å². The van der Waals surface area contributed by atoms with Crippen LogP contribution < -0.4 is 10.5 Å². The fourth-order valence-corrected chi connectivity index (χ4v) is 1.93. The Kier molecular flexibility index (Phi) is 6.89. The first-order valence-corrected chi connectivity index (χ1v) is 6.56. The molecule has 0 aliphatic rings. The van der Waals surface area contributed by atoms with Crippen molar-refractivity contribution in [3.63, 3.8) is 0 Å². The fraction of sp³-hybridized carbons (Fsp3) is 0.571. The largest absolute Gasteiger partial charge is 0.481 e. The van der Waals surface area contributed by atoms with Crippen LogP contribution >= 0.6 is 0 Å². The van der Waals surface area contributed by atoms with Crippen molar-refractivity contribution < 1.29 is 14.3 Å². The van der Waals surface area contributed by atoms with Gasteiger partial charge in [0.05, 0.1) is 20.1 Å². The zero-order valence-corrected chi connectivity index (χ0v) is 11.6. The quantitative estimate of drug-likeness (QED) is 0.727. The lowest BCUT2D eigenvalue weighted by molar-refractivity contribution is -0.143. The number of rotatable bonds is 8. The second kappa shape index (κ2) is 8.48. The van der Waals surface area contributed by atoms with Crippen LogP contribution in [0.1, 0.15) is 37.7 Å². The smallest absolute Gasteiger partial charge is 0.306 e. The van der Waals surface area contributed by atoms with Crippen LogP contribution in [0.5, 0.6) is 5.88 Å². The minimum atomic E-state index is -0.180. The van der Waals surface area contributed by atoms with Crippen LogP contribution in [0.25, 0.3) is 0 Å². The molecule has 1 rings (SSSR count). The number of pyridine rings is 1. The highest BCUT2D eigenvalue weighted by atomic mass is 16.5. The molecule has 0 bridgehead atoms. The molecule has 0 saturated carbocycles. The van der Waals surface area contributed by atoms with Gasteiger partial charge < -0.3 is 15.2 Å². The summed E-state index contributed by atoms with van der Waals surface area (Å²) in [6, 6.07) is 3.74. The van der Waals surface area contributed by atoms with Crippen LogP contribution in [0, 0.1) is 0 Å². The molecule has 5 nitrogen and oxygen atoms in total. The lowest BCUT2D eigenvalue weighted by Gasteiger charge is -2.16. The molecule has 0 amide bonds. The first-order valence-electron chi connectivity index (χ1n) is 6.56. The predicted molar refractivity (Wildman–Crippen MR) is 73.1 cm³/mol. The third-order valence-corrected chi connectivity index (χ3v) is 2.91. The number of esters is 1. The van der Waals surface area contributed by atoms with Crippen LogP contribution in [0.3, 0.4) is 0 Å². The van der Waals surface area contributed by atoms with Gasteiger partial charge in [-0.05, 0) is 37.8 Å². The van der Waals surface area contributed by atoms with Gasteiger partial charge in [0.15, 0.2) is 0 Å². The van der Waals surface area contributed by atoms with E-state index in [0.717, 1.165) is 18.4 Å². The molecule has 1 aromatic heterocycles. The average molecular weight is 266 g/mol. The van der Waals surface area contributed by atoms with Crippen LogP contribution in [0.15, 0.2) is 18.3 Å². The number of nitrogens with zero attached hydrogens (tertiary/aromatic N) is 1. The van der Waals surface area contributed by atoms with Gasteiger partial charge in [-0.15, -0.1) is 0 Å². The van der Waals surface area contributed by atoms with E-state index < -0.39 is 0 Å². The number of hydrogen-bond donors (Lipinski definition) is 1. The molecule has 0 fully saturated rings. The average Bonchev–Trinajstić information content (AvgIpc) is 2.44. The second-order valence-electron chi connectivity index (χ2n) is 4.27. The molecule has 1 unspecified atom stereocenters. The van der Waals surface area contributed by atoms with E-state index in [4.69, 9.17) is 15.2 Å². The van der Waals surface area contributed by atoms with Crippen molar-refractivity contribution in [3.8, 4) is 5.88 Å².